The van der Waals surface area contributed by atoms with Crippen LogP contribution in [0.4, 0.5) is 0 Å². The number of halogens is 2. The molecule has 0 fully saturated rings. The van der Waals surface area contributed by atoms with Gasteiger partial charge < -0.3 is 9.67 Å². The quantitative estimate of drug-likeness (QED) is 0.881. The fraction of sp³-hybridized carbons (Fsp3) is 0.0769. The fourth-order valence-electron chi connectivity index (χ4n) is 1.63. The lowest BCUT2D eigenvalue weighted by Crippen LogP contribution is -2.20. The summed E-state index contributed by atoms with van der Waals surface area (Å²) in [5.41, 5.74) is 0.953. The van der Waals surface area contributed by atoms with Gasteiger partial charge in [0.2, 0.25) is 0 Å². The average molecular weight is 387 g/mol. The molecule has 1 aromatic carbocycles. The zero-order valence-corrected chi connectivity index (χ0v) is 12.8. The van der Waals surface area contributed by atoms with Crippen LogP contribution in [-0.2, 0) is 6.54 Å². The molecule has 0 aliphatic rings. The first-order chi connectivity index (χ1) is 8.97. The van der Waals surface area contributed by atoms with Gasteiger partial charge in [-0.15, -0.1) is 0 Å². The summed E-state index contributed by atoms with van der Waals surface area (Å²) in [5.74, 6) is -0.964. The van der Waals surface area contributed by atoms with E-state index in [1.165, 1.54) is 12.1 Å². The molecule has 0 aliphatic carbocycles. The number of benzene rings is 1. The Morgan fingerprint density at radius 3 is 2.42 bits per heavy atom. The predicted molar refractivity (Wildman–Crippen MR) is 78.6 cm³/mol. The van der Waals surface area contributed by atoms with Crippen LogP contribution in [-0.4, -0.2) is 15.6 Å². The molecule has 0 unspecified atom stereocenters. The molecular formula is C13H9Br2NO3. The molecule has 0 amide bonds. The number of pyridine rings is 1. The van der Waals surface area contributed by atoms with Crippen molar-refractivity contribution in [2.24, 2.45) is 0 Å². The molecule has 1 heterocycles. The van der Waals surface area contributed by atoms with Crippen molar-refractivity contribution in [1.29, 1.82) is 0 Å². The van der Waals surface area contributed by atoms with Gasteiger partial charge >= 0.3 is 5.97 Å². The molecule has 1 aromatic heterocycles. The summed E-state index contributed by atoms with van der Waals surface area (Å²) in [5, 5.41) is 8.81. The van der Waals surface area contributed by atoms with E-state index in [1.807, 2.05) is 0 Å². The smallest absolute Gasteiger partial charge is 0.335 e. The molecule has 98 valence electrons. The Morgan fingerprint density at radius 1 is 1.21 bits per heavy atom. The lowest BCUT2D eigenvalue weighted by molar-refractivity contribution is 0.0697. The van der Waals surface area contributed by atoms with Crippen molar-refractivity contribution in [1.82, 2.24) is 4.57 Å². The monoisotopic (exact) mass is 385 g/mol. The van der Waals surface area contributed by atoms with Crippen LogP contribution in [0.25, 0.3) is 0 Å². The highest BCUT2D eigenvalue weighted by Gasteiger charge is 2.05. The molecule has 0 spiro atoms. The first kappa shape index (κ1) is 14.0. The number of aromatic nitrogens is 1. The number of carbonyl (C=O) groups is 1. The first-order valence-electron chi connectivity index (χ1n) is 5.35. The van der Waals surface area contributed by atoms with Crippen molar-refractivity contribution in [2.45, 2.75) is 6.54 Å². The number of hydrogen-bond acceptors (Lipinski definition) is 2. The van der Waals surface area contributed by atoms with E-state index in [0.717, 1.165) is 10.0 Å². The second-order valence-electron chi connectivity index (χ2n) is 3.94. The van der Waals surface area contributed by atoms with Gasteiger partial charge in [-0.05, 0) is 55.6 Å². The van der Waals surface area contributed by atoms with Gasteiger partial charge in [0, 0.05) is 10.7 Å². The van der Waals surface area contributed by atoms with Crippen LogP contribution in [0.1, 0.15) is 15.9 Å². The van der Waals surface area contributed by atoms with E-state index in [-0.39, 0.29) is 11.1 Å². The van der Waals surface area contributed by atoms with Gasteiger partial charge in [0.15, 0.2) is 0 Å². The third-order valence-corrected chi connectivity index (χ3v) is 3.56. The minimum Gasteiger partial charge on any atom is -0.478 e. The number of carboxylic acid groups (broad SMARTS) is 1. The third kappa shape index (κ3) is 3.33. The second-order valence-corrected chi connectivity index (χ2v) is 5.71. The molecule has 0 bridgehead atoms. The Balaban J connectivity index is 2.31. The highest BCUT2D eigenvalue weighted by atomic mass is 79.9. The van der Waals surface area contributed by atoms with Crippen molar-refractivity contribution in [2.75, 3.05) is 0 Å². The molecule has 1 N–H and O–H groups in total. The van der Waals surface area contributed by atoms with Crippen molar-refractivity contribution in [3.63, 3.8) is 0 Å². The van der Waals surface area contributed by atoms with Crippen molar-refractivity contribution < 1.29 is 9.90 Å². The Labute approximate surface area is 126 Å². The van der Waals surface area contributed by atoms with E-state index in [2.05, 4.69) is 31.9 Å². The third-order valence-electron chi connectivity index (χ3n) is 2.56. The number of hydrogen-bond donors (Lipinski definition) is 1. The van der Waals surface area contributed by atoms with Crippen LogP contribution >= 0.6 is 31.9 Å². The molecule has 6 heteroatoms. The Kier molecular flexibility index (Phi) is 4.21. The summed E-state index contributed by atoms with van der Waals surface area (Å²) in [4.78, 5) is 22.6. The molecule has 2 rings (SSSR count). The second kappa shape index (κ2) is 5.71. The van der Waals surface area contributed by atoms with Crippen LogP contribution in [0.15, 0.2) is 50.3 Å². The maximum atomic E-state index is 11.9. The van der Waals surface area contributed by atoms with E-state index < -0.39 is 5.97 Å². The van der Waals surface area contributed by atoms with Crippen LogP contribution in [0, 0.1) is 0 Å². The number of aromatic carboxylic acids is 1. The minimum atomic E-state index is -0.964. The van der Waals surface area contributed by atoms with Crippen LogP contribution in [0.2, 0.25) is 0 Å². The summed E-state index contributed by atoms with van der Waals surface area (Å²) in [6, 6.07) is 8.13. The maximum Gasteiger partial charge on any atom is 0.335 e. The van der Waals surface area contributed by atoms with Gasteiger partial charge in [0.25, 0.3) is 5.56 Å². The largest absolute Gasteiger partial charge is 0.478 e. The van der Waals surface area contributed by atoms with Gasteiger partial charge in [-0.2, -0.15) is 0 Å². The maximum absolute atomic E-state index is 11.9. The average Bonchev–Trinajstić information content (AvgIpc) is 2.36. The summed E-state index contributed by atoms with van der Waals surface area (Å²) in [6.45, 7) is 0.386. The fourth-order valence-corrected chi connectivity index (χ4v) is 2.89. The van der Waals surface area contributed by atoms with E-state index >= 15 is 0 Å². The van der Waals surface area contributed by atoms with E-state index in [9.17, 15) is 9.59 Å². The predicted octanol–water partition coefficient (Wildman–Crippen LogP) is 3.12. The number of carboxylic acids is 1. The van der Waals surface area contributed by atoms with Crippen LogP contribution in [0.3, 0.4) is 0 Å². The summed E-state index contributed by atoms with van der Waals surface area (Å²) in [7, 11) is 0. The summed E-state index contributed by atoms with van der Waals surface area (Å²) < 4.78 is 2.81. The van der Waals surface area contributed by atoms with Crippen LogP contribution in [0.5, 0.6) is 0 Å². The first-order valence-corrected chi connectivity index (χ1v) is 6.93. The van der Waals surface area contributed by atoms with E-state index in [0.29, 0.717) is 11.0 Å². The van der Waals surface area contributed by atoms with Crippen molar-refractivity contribution >= 4 is 37.8 Å². The normalized spacial score (nSPS) is 10.4. The lowest BCUT2D eigenvalue weighted by Gasteiger charge is -2.07. The molecule has 2 aromatic rings. The Hall–Kier alpha value is -1.40. The molecule has 0 saturated heterocycles. The summed E-state index contributed by atoms with van der Waals surface area (Å²) >= 11 is 6.52. The molecule has 19 heavy (non-hydrogen) atoms. The molecule has 0 aliphatic heterocycles. The Bertz CT molecular complexity index is 677. The highest BCUT2D eigenvalue weighted by Crippen LogP contribution is 2.14. The van der Waals surface area contributed by atoms with E-state index in [1.54, 1.807) is 29.0 Å². The zero-order chi connectivity index (χ0) is 14.0. The molecular weight excluding hydrogens is 378 g/mol. The zero-order valence-electron chi connectivity index (χ0n) is 9.64. The number of rotatable bonds is 3. The molecule has 0 atom stereocenters. The van der Waals surface area contributed by atoms with Gasteiger partial charge in [-0.1, -0.05) is 12.1 Å². The standard InChI is InChI=1S/C13H9Br2NO3/c14-10-5-11(15)12(17)16(7-10)6-8-1-3-9(4-2-8)13(18)19/h1-5,7H,6H2,(H,18,19). The van der Waals surface area contributed by atoms with Crippen molar-refractivity contribution in [3.05, 3.63) is 67.0 Å². The van der Waals surface area contributed by atoms with Gasteiger partial charge in [0.1, 0.15) is 0 Å². The molecule has 0 saturated carbocycles. The van der Waals surface area contributed by atoms with Crippen molar-refractivity contribution in [3.8, 4) is 0 Å². The van der Waals surface area contributed by atoms with Gasteiger partial charge in [0.05, 0.1) is 16.6 Å². The number of nitrogens with zero attached hydrogens (tertiary/aromatic N) is 1. The van der Waals surface area contributed by atoms with Gasteiger partial charge in [-0.25, -0.2) is 4.79 Å². The summed E-state index contributed by atoms with van der Waals surface area (Å²) in [6.07, 6.45) is 1.69. The minimum absolute atomic E-state index is 0.134. The SMILES string of the molecule is O=C(O)c1ccc(Cn2cc(Br)cc(Br)c2=O)cc1. The Morgan fingerprint density at radius 2 is 1.84 bits per heavy atom. The lowest BCUT2D eigenvalue weighted by atomic mass is 10.1. The highest BCUT2D eigenvalue weighted by molar-refractivity contribution is 9.11. The topological polar surface area (TPSA) is 59.3 Å². The molecule has 0 radical (unpaired) electrons. The van der Waals surface area contributed by atoms with Gasteiger partial charge in [-0.3, -0.25) is 4.79 Å². The van der Waals surface area contributed by atoms with E-state index in [4.69, 9.17) is 5.11 Å². The molecule has 4 nitrogen and oxygen atoms in total. The van der Waals surface area contributed by atoms with Crippen LogP contribution < -0.4 is 5.56 Å².